The number of rotatable bonds is 11. The molecule has 0 aliphatic rings. The highest BCUT2D eigenvalue weighted by molar-refractivity contribution is 5.48. The smallest absolute Gasteiger partial charge is 0.406 e. The van der Waals surface area contributed by atoms with Crippen LogP contribution in [0.2, 0.25) is 0 Å². The molecule has 1 N–H and O–H groups in total. The van der Waals surface area contributed by atoms with Gasteiger partial charge >= 0.3 is 12.7 Å². The van der Waals surface area contributed by atoms with Crippen LogP contribution in [-0.2, 0) is 5.41 Å². The van der Waals surface area contributed by atoms with Crippen molar-refractivity contribution in [1.82, 2.24) is 5.32 Å². The zero-order valence-corrected chi connectivity index (χ0v) is 23.0. The summed E-state index contributed by atoms with van der Waals surface area (Å²) >= 11 is 0. The zero-order valence-electron chi connectivity index (χ0n) is 23.0. The standard InChI is InChI=1S/C26H25F6NO2.2C2H6/c1-5-9-19(6-2)16-24(17-33-18(3)4,20-10-7-12-22(14-20)34-25(27,28)29)21-11-8-13-23(15-21)35-26(30,31)32;2*1-2/h5-15,33H,1-3,16-17H2,4H3;2*1-2H3/b19-9+;;. The van der Waals surface area contributed by atoms with Crippen LogP contribution in [0.4, 0.5) is 26.3 Å². The number of nitrogens with one attached hydrogen (secondary N) is 1. The van der Waals surface area contributed by atoms with E-state index in [1.807, 2.05) is 27.7 Å². The van der Waals surface area contributed by atoms with E-state index in [0.29, 0.717) is 22.4 Å². The van der Waals surface area contributed by atoms with Gasteiger partial charge in [0.2, 0.25) is 0 Å². The van der Waals surface area contributed by atoms with Gasteiger partial charge in [-0.25, -0.2) is 0 Å². The molecule has 0 saturated heterocycles. The molecule has 0 radical (unpaired) electrons. The number of hydrogen-bond acceptors (Lipinski definition) is 3. The molecule has 0 aliphatic carbocycles. The summed E-state index contributed by atoms with van der Waals surface area (Å²) in [5.74, 6) is -0.935. The van der Waals surface area contributed by atoms with E-state index in [2.05, 4.69) is 34.5 Å². The zero-order chi connectivity index (χ0) is 30.3. The molecular weight excluding hydrogens is 520 g/mol. The summed E-state index contributed by atoms with van der Waals surface area (Å²) in [7, 11) is 0. The normalized spacial score (nSPS) is 11.6. The summed E-state index contributed by atoms with van der Waals surface area (Å²) in [6, 6.07) is 10.6. The summed E-state index contributed by atoms with van der Waals surface area (Å²) in [5.41, 5.74) is 0.723. The van der Waals surface area contributed by atoms with E-state index < -0.39 is 29.6 Å². The minimum absolute atomic E-state index is 0.0790. The summed E-state index contributed by atoms with van der Waals surface area (Å²) in [6.07, 6.45) is -4.98. The van der Waals surface area contributed by atoms with Crippen molar-refractivity contribution in [1.29, 1.82) is 0 Å². The first-order valence-corrected chi connectivity index (χ1v) is 12.3. The van der Waals surface area contributed by atoms with E-state index in [4.69, 9.17) is 0 Å². The summed E-state index contributed by atoms with van der Waals surface area (Å²) in [5, 5.41) is 3.08. The lowest BCUT2D eigenvalue weighted by Crippen LogP contribution is -2.39. The first-order valence-electron chi connectivity index (χ1n) is 12.3. The number of hydrogen-bond donors (Lipinski definition) is 1. The average Bonchev–Trinajstić information content (AvgIpc) is 2.86. The fourth-order valence-corrected chi connectivity index (χ4v) is 3.62. The van der Waals surface area contributed by atoms with Crippen LogP contribution in [0.3, 0.4) is 0 Å². The first kappa shape index (κ1) is 35.4. The van der Waals surface area contributed by atoms with Crippen molar-refractivity contribution in [3.05, 3.63) is 109 Å². The molecule has 0 bridgehead atoms. The van der Waals surface area contributed by atoms with E-state index in [0.717, 1.165) is 12.1 Å². The SMILES string of the molecule is C=C/C=C(\C=C)CC(CNC(=C)C)(c1cccc(OC(F)(F)F)c1)c1cccc(OC(F)(F)F)c1.CC.CC. The molecule has 39 heavy (non-hydrogen) atoms. The van der Waals surface area contributed by atoms with Gasteiger partial charge in [0.25, 0.3) is 0 Å². The molecule has 0 saturated carbocycles. The van der Waals surface area contributed by atoms with Gasteiger partial charge in [-0.2, -0.15) is 0 Å². The third-order valence-electron chi connectivity index (χ3n) is 5.03. The molecule has 2 rings (SSSR count). The molecular formula is C30H37F6NO2. The van der Waals surface area contributed by atoms with Gasteiger partial charge in [0, 0.05) is 17.7 Å². The maximum Gasteiger partial charge on any atom is 0.573 e. The van der Waals surface area contributed by atoms with Crippen LogP contribution in [-0.4, -0.2) is 19.3 Å². The topological polar surface area (TPSA) is 30.5 Å². The van der Waals surface area contributed by atoms with E-state index in [-0.39, 0.29) is 13.0 Å². The summed E-state index contributed by atoms with van der Waals surface area (Å²) in [4.78, 5) is 0. The largest absolute Gasteiger partial charge is 0.573 e. The highest BCUT2D eigenvalue weighted by Gasteiger charge is 2.38. The number of ether oxygens (including phenoxy) is 2. The predicted molar refractivity (Wildman–Crippen MR) is 146 cm³/mol. The fraction of sp³-hybridized carbons (Fsp3) is 0.333. The molecule has 0 amide bonds. The third-order valence-corrected chi connectivity index (χ3v) is 5.03. The number of allylic oxidation sites excluding steroid dienone is 5. The lowest BCUT2D eigenvalue weighted by Gasteiger charge is -2.37. The van der Waals surface area contributed by atoms with Crippen molar-refractivity contribution in [2.24, 2.45) is 0 Å². The Morgan fingerprint density at radius 1 is 0.821 bits per heavy atom. The molecule has 2 aromatic carbocycles. The molecule has 3 nitrogen and oxygen atoms in total. The van der Waals surface area contributed by atoms with Crippen LogP contribution in [0.25, 0.3) is 0 Å². The van der Waals surface area contributed by atoms with E-state index >= 15 is 0 Å². The first-order chi connectivity index (χ1) is 18.3. The maximum absolute atomic E-state index is 12.9. The molecule has 9 heteroatoms. The monoisotopic (exact) mass is 557 g/mol. The van der Waals surface area contributed by atoms with Gasteiger partial charge in [-0.3, -0.25) is 0 Å². The second kappa shape index (κ2) is 16.4. The van der Waals surface area contributed by atoms with Crippen LogP contribution >= 0.6 is 0 Å². The molecule has 0 aromatic heterocycles. The Morgan fingerprint density at radius 3 is 1.59 bits per heavy atom. The van der Waals surface area contributed by atoms with E-state index in [1.165, 1.54) is 30.3 Å². The van der Waals surface area contributed by atoms with Gasteiger partial charge in [-0.1, -0.05) is 89.9 Å². The predicted octanol–water partition coefficient (Wildman–Crippen LogP) is 9.63. The van der Waals surface area contributed by atoms with Crippen molar-refractivity contribution in [2.75, 3.05) is 6.54 Å². The highest BCUT2D eigenvalue weighted by atomic mass is 19.4. The Bertz CT molecular complexity index is 1030. The Morgan fingerprint density at radius 2 is 1.26 bits per heavy atom. The van der Waals surface area contributed by atoms with Crippen molar-refractivity contribution in [3.63, 3.8) is 0 Å². The second-order valence-electron chi connectivity index (χ2n) is 7.73. The van der Waals surface area contributed by atoms with Crippen LogP contribution in [0.1, 0.15) is 52.2 Å². The van der Waals surface area contributed by atoms with Crippen molar-refractivity contribution in [3.8, 4) is 11.5 Å². The summed E-state index contributed by atoms with van der Waals surface area (Å²) < 4.78 is 85.7. The average molecular weight is 558 g/mol. The molecule has 0 unspecified atom stereocenters. The number of alkyl halides is 6. The minimum atomic E-state index is -4.92. The van der Waals surface area contributed by atoms with Gasteiger partial charge < -0.3 is 14.8 Å². The van der Waals surface area contributed by atoms with Crippen molar-refractivity contribution < 1.29 is 35.8 Å². The summed E-state index contributed by atoms with van der Waals surface area (Å²) in [6.45, 7) is 21.0. The van der Waals surface area contributed by atoms with Crippen molar-refractivity contribution >= 4 is 0 Å². The van der Waals surface area contributed by atoms with Crippen LogP contribution < -0.4 is 14.8 Å². The third kappa shape index (κ3) is 12.2. The van der Waals surface area contributed by atoms with Crippen LogP contribution in [0.15, 0.2) is 97.8 Å². The Labute approximate surface area is 227 Å². The highest BCUT2D eigenvalue weighted by Crippen LogP contribution is 2.41. The lowest BCUT2D eigenvalue weighted by molar-refractivity contribution is -0.275. The van der Waals surface area contributed by atoms with Crippen LogP contribution in [0, 0.1) is 0 Å². The molecule has 216 valence electrons. The quantitative estimate of drug-likeness (QED) is 0.220. The van der Waals surface area contributed by atoms with Gasteiger partial charge in [-0.05, 0) is 54.3 Å². The van der Waals surface area contributed by atoms with Crippen molar-refractivity contribution in [2.45, 2.75) is 59.2 Å². The fourth-order valence-electron chi connectivity index (χ4n) is 3.62. The van der Waals surface area contributed by atoms with Gasteiger partial charge in [-0.15, -0.1) is 26.3 Å². The second-order valence-corrected chi connectivity index (χ2v) is 7.73. The van der Waals surface area contributed by atoms with Crippen LogP contribution in [0.5, 0.6) is 11.5 Å². The Balaban J connectivity index is 0.00000344. The maximum atomic E-state index is 12.9. The molecule has 0 heterocycles. The molecule has 2 aromatic rings. The lowest BCUT2D eigenvalue weighted by atomic mass is 9.70. The molecule has 0 spiro atoms. The van der Waals surface area contributed by atoms with Gasteiger partial charge in [0.05, 0.1) is 0 Å². The number of benzene rings is 2. The van der Waals surface area contributed by atoms with Gasteiger partial charge in [0.1, 0.15) is 11.5 Å². The van der Waals surface area contributed by atoms with E-state index in [1.54, 1.807) is 31.2 Å². The Hall–Kier alpha value is -3.62. The minimum Gasteiger partial charge on any atom is -0.406 e. The number of halogens is 6. The molecule has 0 aliphatic heterocycles. The van der Waals surface area contributed by atoms with Gasteiger partial charge in [0.15, 0.2) is 0 Å². The molecule has 0 atom stereocenters. The Kier molecular flexibility index (Phi) is 14.8. The van der Waals surface area contributed by atoms with E-state index in [9.17, 15) is 26.3 Å². The molecule has 0 fully saturated rings.